The van der Waals surface area contributed by atoms with Crippen molar-refractivity contribution in [3.05, 3.63) is 92.0 Å². The molecule has 3 aromatic rings. The van der Waals surface area contributed by atoms with E-state index in [1.165, 1.54) is 17.0 Å². The first-order valence-corrected chi connectivity index (χ1v) is 15.6. The highest BCUT2D eigenvalue weighted by Gasteiger charge is 2.33. The number of nitrogens with one attached hydrogen (secondary N) is 1. The van der Waals surface area contributed by atoms with Gasteiger partial charge in [0.25, 0.3) is 10.0 Å². The second kappa shape index (κ2) is 13.8. The minimum absolute atomic E-state index is 0.0180. The van der Waals surface area contributed by atoms with Crippen molar-refractivity contribution >= 4 is 73.3 Å². The number of rotatable bonds is 11. The number of benzene rings is 3. The number of nitrogens with zero attached hydrogens (tertiary/aromatic N) is 2. The summed E-state index contributed by atoms with van der Waals surface area (Å²) in [7, 11) is -4.11. The molecule has 208 valence electrons. The minimum atomic E-state index is -4.11. The van der Waals surface area contributed by atoms with Crippen molar-refractivity contribution in [2.75, 3.05) is 10.8 Å². The molecule has 0 saturated heterocycles. The Kier molecular flexibility index (Phi) is 11.1. The van der Waals surface area contributed by atoms with Crippen LogP contribution in [0.4, 0.5) is 5.69 Å². The molecule has 0 spiro atoms. The number of sulfonamides is 1. The summed E-state index contributed by atoms with van der Waals surface area (Å²) < 4.78 is 29.5. The zero-order chi connectivity index (χ0) is 28.7. The maximum Gasteiger partial charge on any atom is 0.264 e. The van der Waals surface area contributed by atoms with Gasteiger partial charge in [0.1, 0.15) is 12.6 Å². The summed E-state index contributed by atoms with van der Waals surface area (Å²) in [6.07, 6.45) is 0.714. The Morgan fingerprint density at radius 3 is 2.21 bits per heavy atom. The van der Waals surface area contributed by atoms with E-state index in [-0.39, 0.29) is 23.4 Å². The first-order valence-electron chi connectivity index (χ1n) is 12.3. The summed E-state index contributed by atoms with van der Waals surface area (Å²) in [6.45, 7) is 4.89. The average Bonchev–Trinajstić information content (AvgIpc) is 2.91. The van der Waals surface area contributed by atoms with Crippen LogP contribution in [0.3, 0.4) is 0 Å². The van der Waals surface area contributed by atoms with Gasteiger partial charge in [-0.05, 0) is 97.0 Å². The van der Waals surface area contributed by atoms with Gasteiger partial charge in [0.2, 0.25) is 11.8 Å². The van der Waals surface area contributed by atoms with Crippen molar-refractivity contribution in [1.29, 1.82) is 0 Å². The van der Waals surface area contributed by atoms with Gasteiger partial charge in [0.15, 0.2) is 0 Å². The smallest absolute Gasteiger partial charge is 0.264 e. The predicted octanol–water partition coefficient (Wildman–Crippen LogP) is 6.13. The number of hydrogen-bond acceptors (Lipinski definition) is 4. The lowest BCUT2D eigenvalue weighted by atomic mass is 10.1. The van der Waals surface area contributed by atoms with Crippen LogP contribution in [-0.4, -0.2) is 43.8 Å². The lowest BCUT2D eigenvalue weighted by molar-refractivity contribution is -0.139. The molecule has 0 aliphatic carbocycles. The zero-order valence-electron chi connectivity index (χ0n) is 21.8. The molecule has 0 aliphatic heterocycles. The fourth-order valence-corrected chi connectivity index (χ4v) is 6.00. The third kappa shape index (κ3) is 8.09. The van der Waals surface area contributed by atoms with Gasteiger partial charge in [0.05, 0.1) is 10.6 Å². The van der Waals surface area contributed by atoms with Crippen molar-refractivity contribution in [2.24, 2.45) is 0 Å². The monoisotopic (exact) mass is 701 g/mol. The van der Waals surface area contributed by atoms with E-state index >= 15 is 0 Å². The Labute approximate surface area is 253 Å². The molecule has 2 amide bonds. The van der Waals surface area contributed by atoms with E-state index in [0.717, 1.165) is 7.88 Å². The molecule has 2 atom stereocenters. The zero-order valence-corrected chi connectivity index (χ0v) is 26.3. The highest BCUT2D eigenvalue weighted by atomic mass is 127. The molecule has 7 nitrogen and oxygen atoms in total. The topological polar surface area (TPSA) is 86.8 Å². The molecular formula is C28H30Cl2IN3O4S. The molecular weight excluding hydrogens is 672 g/mol. The Morgan fingerprint density at radius 2 is 1.62 bits per heavy atom. The molecule has 39 heavy (non-hydrogen) atoms. The summed E-state index contributed by atoms with van der Waals surface area (Å²) in [5.41, 5.74) is 0.901. The van der Waals surface area contributed by atoms with Crippen LogP contribution >= 0.6 is 45.8 Å². The maximum absolute atomic E-state index is 13.9. The van der Waals surface area contributed by atoms with Crippen molar-refractivity contribution in [3.8, 4) is 0 Å². The van der Waals surface area contributed by atoms with Crippen LogP contribution in [-0.2, 0) is 26.2 Å². The van der Waals surface area contributed by atoms with Gasteiger partial charge < -0.3 is 10.2 Å². The van der Waals surface area contributed by atoms with E-state index in [2.05, 4.69) is 27.9 Å². The molecule has 0 saturated carbocycles. The van der Waals surface area contributed by atoms with Crippen LogP contribution in [0.5, 0.6) is 0 Å². The molecule has 0 heterocycles. The molecule has 3 aromatic carbocycles. The third-order valence-electron chi connectivity index (χ3n) is 6.25. The summed E-state index contributed by atoms with van der Waals surface area (Å²) in [5, 5.41) is 3.67. The van der Waals surface area contributed by atoms with Crippen molar-refractivity contribution in [1.82, 2.24) is 10.2 Å². The Bertz CT molecular complexity index is 1410. The lowest BCUT2D eigenvalue weighted by Crippen LogP contribution is -2.52. The van der Waals surface area contributed by atoms with E-state index in [1.54, 1.807) is 67.6 Å². The van der Waals surface area contributed by atoms with E-state index < -0.39 is 28.5 Å². The molecule has 3 rings (SSSR count). The normalized spacial score (nSPS) is 12.9. The fraction of sp³-hybridized carbons (Fsp3) is 0.286. The SMILES string of the molecule is CCC(C)NC(=O)C(C)N(Cc1ccc(Cl)cc1Cl)C(=O)CN(c1ccc(I)cc1)S(=O)(=O)c1ccccc1. The van der Waals surface area contributed by atoms with Crippen LogP contribution in [0.25, 0.3) is 0 Å². The number of hydrogen-bond donors (Lipinski definition) is 1. The summed E-state index contributed by atoms with van der Waals surface area (Å²) in [6, 6.07) is 18.6. The molecule has 0 bridgehead atoms. The highest BCUT2D eigenvalue weighted by Crippen LogP contribution is 2.27. The Balaban J connectivity index is 2.03. The molecule has 11 heteroatoms. The molecule has 2 unspecified atom stereocenters. The summed E-state index contributed by atoms with van der Waals surface area (Å²) in [5.74, 6) is -0.916. The third-order valence-corrected chi connectivity index (χ3v) is 9.34. The van der Waals surface area contributed by atoms with Crippen LogP contribution in [0.1, 0.15) is 32.8 Å². The second-order valence-corrected chi connectivity index (χ2v) is 13.0. The number of carbonyl (C=O) groups is 2. The maximum atomic E-state index is 13.9. The Hall–Kier alpha value is -2.34. The highest BCUT2D eigenvalue weighted by molar-refractivity contribution is 14.1. The van der Waals surface area contributed by atoms with E-state index in [0.29, 0.717) is 27.7 Å². The van der Waals surface area contributed by atoms with Gasteiger partial charge in [-0.1, -0.05) is 54.4 Å². The van der Waals surface area contributed by atoms with Crippen LogP contribution in [0, 0.1) is 3.57 Å². The predicted molar refractivity (Wildman–Crippen MR) is 165 cm³/mol. The van der Waals surface area contributed by atoms with E-state index in [9.17, 15) is 18.0 Å². The first-order chi connectivity index (χ1) is 18.4. The Morgan fingerprint density at radius 1 is 0.974 bits per heavy atom. The largest absolute Gasteiger partial charge is 0.352 e. The fourth-order valence-electron chi connectivity index (χ4n) is 3.74. The van der Waals surface area contributed by atoms with Crippen molar-refractivity contribution in [3.63, 3.8) is 0 Å². The number of anilines is 1. The number of halogens is 3. The van der Waals surface area contributed by atoms with Crippen LogP contribution in [0.15, 0.2) is 77.7 Å². The standard InChI is InChI=1S/C28H30Cl2IN3O4S/c1-4-19(2)32-28(36)20(3)33(17-21-10-11-22(29)16-26(21)30)27(35)18-34(24-14-12-23(31)13-15-24)39(37,38)25-8-6-5-7-9-25/h5-16,19-20H,4,17-18H2,1-3H3,(H,32,36). The lowest BCUT2D eigenvalue weighted by Gasteiger charge is -2.32. The van der Waals surface area contributed by atoms with Gasteiger partial charge in [-0.25, -0.2) is 8.42 Å². The molecule has 1 N–H and O–H groups in total. The van der Waals surface area contributed by atoms with Gasteiger partial charge in [-0.15, -0.1) is 0 Å². The molecule has 0 aromatic heterocycles. The second-order valence-electron chi connectivity index (χ2n) is 9.05. The van der Waals surface area contributed by atoms with Crippen molar-refractivity contribution < 1.29 is 18.0 Å². The van der Waals surface area contributed by atoms with Gasteiger partial charge in [-0.2, -0.15) is 0 Å². The first kappa shape index (κ1) is 31.2. The van der Waals surface area contributed by atoms with Gasteiger partial charge >= 0.3 is 0 Å². The minimum Gasteiger partial charge on any atom is -0.352 e. The average molecular weight is 702 g/mol. The summed E-state index contributed by atoms with van der Waals surface area (Å²) in [4.78, 5) is 28.4. The quantitative estimate of drug-likeness (QED) is 0.244. The molecule has 0 aliphatic rings. The molecule has 0 fully saturated rings. The van der Waals surface area contributed by atoms with Gasteiger partial charge in [0, 0.05) is 26.2 Å². The van der Waals surface area contributed by atoms with E-state index in [4.69, 9.17) is 23.2 Å². The number of amides is 2. The summed E-state index contributed by atoms with van der Waals surface area (Å²) >= 11 is 14.6. The van der Waals surface area contributed by atoms with Crippen LogP contribution < -0.4 is 9.62 Å². The van der Waals surface area contributed by atoms with Crippen molar-refractivity contribution in [2.45, 2.75) is 50.7 Å². The number of carbonyl (C=O) groups excluding carboxylic acids is 2. The van der Waals surface area contributed by atoms with Crippen LogP contribution in [0.2, 0.25) is 10.0 Å². The van der Waals surface area contributed by atoms with Gasteiger partial charge in [-0.3, -0.25) is 13.9 Å². The van der Waals surface area contributed by atoms with E-state index in [1.807, 2.05) is 13.8 Å². The molecule has 0 radical (unpaired) electrons.